The smallest absolute Gasteiger partial charge is 0.0105 e. The Hall–Kier alpha value is -0.0800. The third kappa shape index (κ3) is 2.53. The highest BCUT2D eigenvalue weighted by atomic mass is 15.2. The van der Waals surface area contributed by atoms with Gasteiger partial charge in [-0.15, -0.1) is 0 Å². The lowest BCUT2D eigenvalue weighted by atomic mass is 9.81. The summed E-state index contributed by atoms with van der Waals surface area (Å²) in [6, 6.07) is 0.431. The van der Waals surface area contributed by atoms with Gasteiger partial charge >= 0.3 is 0 Å². The first kappa shape index (κ1) is 13.4. The summed E-state index contributed by atoms with van der Waals surface area (Å²) in [5, 5.41) is 0. The molecule has 2 aliphatic rings. The van der Waals surface area contributed by atoms with Crippen LogP contribution >= 0.6 is 0 Å². The van der Waals surface area contributed by atoms with Gasteiger partial charge in [0.25, 0.3) is 0 Å². The molecule has 1 aliphatic carbocycles. The second-order valence-corrected chi connectivity index (χ2v) is 6.82. The van der Waals surface area contributed by atoms with E-state index < -0.39 is 0 Å². The van der Waals surface area contributed by atoms with Gasteiger partial charge in [0, 0.05) is 19.1 Å². The minimum Gasteiger partial charge on any atom is -0.327 e. The molecule has 0 bridgehead atoms. The van der Waals surface area contributed by atoms with Crippen molar-refractivity contribution in [2.24, 2.45) is 16.6 Å². The third-order valence-corrected chi connectivity index (χ3v) is 5.76. The van der Waals surface area contributed by atoms with Crippen LogP contribution in [0.5, 0.6) is 0 Å². The van der Waals surface area contributed by atoms with Crippen LogP contribution in [-0.4, -0.2) is 30.6 Å². The van der Waals surface area contributed by atoms with E-state index in [0.717, 1.165) is 0 Å². The average molecular weight is 238 g/mol. The van der Waals surface area contributed by atoms with E-state index >= 15 is 0 Å². The minimum atomic E-state index is 0.386. The van der Waals surface area contributed by atoms with E-state index in [4.69, 9.17) is 5.73 Å². The molecule has 0 aromatic heterocycles. The van der Waals surface area contributed by atoms with Gasteiger partial charge in [0.2, 0.25) is 0 Å². The lowest BCUT2D eigenvalue weighted by Gasteiger charge is -2.35. The Kier molecular flexibility index (Phi) is 3.84. The maximum atomic E-state index is 6.30. The number of likely N-dealkylation sites (tertiary alicyclic amines) is 1. The number of nitrogens with two attached hydrogens (primary N) is 1. The van der Waals surface area contributed by atoms with E-state index in [0.29, 0.717) is 16.9 Å². The summed E-state index contributed by atoms with van der Waals surface area (Å²) in [6.45, 7) is 11.0. The first-order chi connectivity index (χ1) is 8.03. The molecule has 0 radical (unpaired) electrons. The quantitative estimate of drug-likeness (QED) is 0.816. The molecule has 1 saturated carbocycles. The fourth-order valence-corrected chi connectivity index (χ4v) is 3.96. The van der Waals surface area contributed by atoms with Crippen LogP contribution in [0.15, 0.2) is 0 Å². The number of nitrogens with zero attached hydrogens (tertiary/aromatic N) is 1. The standard InChI is InChI=1S/C15H30N2/c1-4-15(5-2)9-10-17(12-15)11-14(3)8-6-7-13(14)16/h13H,4-12,16H2,1-3H3. The maximum absolute atomic E-state index is 6.30. The molecule has 2 unspecified atom stereocenters. The predicted octanol–water partition coefficient (Wildman–Crippen LogP) is 3.02. The van der Waals surface area contributed by atoms with E-state index in [-0.39, 0.29) is 0 Å². The molecular weight excluding hydrogens is 208 g/mol. The molecule has 17 heavy (non-hydrogen) atoms. The number of hydrogen-bond acceptors (Lipinski definition) is 2. The topological polar surface area (TPSA) is 29.3 Å². The monoisotopic (exact) mass is 238 g/mol. The van der Waals surface area contributed by atoms with Crippen molar-refractivity contribution in [2.45, 2.75) is 65.3 Å². The van der Waals surface area contributed by atoms with Crippen LogP contribution in [0.25, 0.3) is 0 Å². The fourth-order valence-electron chi connectivity index (χ4n) is 3.96. The van der Waals surface area contributed by atoms with Crippen LogP contribution in [0.4, 0.5) is 0 Å². The summed E-state index contributed by atoms with van der Waals surface area (Å²) in [4.78, 5) is 2.69. The van der Waals surface area contributed by atoms with Crippen LogP contribution < -0.4 is 5.73 Å². The zero-order valence-corrected chi connectivity index (χ0v) is 12.0. The predicted molar refractivity (Wildman–Crippen MR) is 74.0 cm³/mol. The molecule has 0 amide bonds. The van der Waals surface area contributed by atoms with Gasteiger partial charge in [-0.1, -0.05) is 27.2 Å². The van der Waals surface area contributed by atoms with Crippen LogP contribution in [0.2, 0.25) is 0 Å². The molecular formula is C15H30N2. The Morgan fingerprint density at radius 2 is 1.94 bits per heavy atom. The Balaban J connectivity index is 1.93. The summed E-state index contributed by atoms with van der Waals surface area (Å²) >= 11 is 0. The van der Waals surface area contributed by atoms with Crippen molar-refractivity contribution < 1.29 is 0 Å². The van der Waals surface area contributed by atoms with Crippen molar-refractivity contribution in [2.75, 3.05) is 19.6 Å². The van der Waals surface area contributed by atoms with Gasteiger partial charge in [0.05, 0.1) is 0 Å². The van der Waals surface area contributed by atoms with Crippen LogP contribution in [0.1, 0.15) is 59.3 Å². The van der Waals surface area contributed by atoms with Gasteiger partial charge in [-0.05, 0) is 49.5 Å². The van der Waals surface area contributed by atoms with Crippen molar-refractivity contribution in [3.8, 4) is 0 Å². The molecule has 2 heteroatoms. The molecule has 1 aliphatic heterocycles. The van der Waals surface area contributed by atoms with Crippen molar-refractivity contribution >= 4 is 0 Å². The average Bonchev–Trinajstić information content (AvgIpc) is 2.86. The molecule has 2 nitrogen and oxygen atoms in total. The molecule has 100 valence electrons. The first-order valence-electron chi connectivity index (χ1n) is 7.51. The first-order valence-corrected chi connectivity index (χ1v) is 7.51. The highest BCUT2D eigenvalue weighted by Gasteiger charge is 2.41. The van der Waals surface area contributed by atoms with Gasteiger partial charge in [-0.3, -0.25) is 0 Å². The second kappa shape index (κ2) is 4.89. The van der Waals surface area contributed by atoms with Gasteiger partial charge in [-0.25, -0.2) is 0 Å². The Bertz CT molecular complexity index is 260. The van der Waals surface area contributed by atoms with E-state index in [1.54, 1.807) is 0 Å². The van der Waals surface area contributed by atoms with Crippen LogP contribution in [0.3, 0.4) is 0 Å². The SMILES string of the molecule is CCC1(CC)CCN(CC2(C)CCCC2N)C1. The van der Waals surface area contributed by atoms with E-state index in [1.807, 2.05) is 0 Å². The largest absolute Gasteiger partial charge is 0.327 e. The lowest BCUT2D eigenvalue weighted by molar-refractivity contribution is 0.156. The molecule has 2 N–H and O–H groups in total. The Labute approximate surface area is 107 Å². The van der Waals surface area contributed by atoms with Crippen molar-refractivity contribution in [1.82, 2.24) is 4.90 Å². The van der Waals surface area contributed by atoms with Gasteiger partial charge < -0.3 is 10.6 Å². The highest BCUT2D eigenvalue weighted by molar-refractivity contribution is 4.96. The molecule has 1 heterocycles. The molecule has 2 atom stereocenters. The van der Waals surface area contributed by atoms with Crippen molar-refractivity contribution in [3.63, 3.8) is 0 Å². The lowest BCUT2D eigenvalue weighted by Crippen LogP contribution is -2.44. The zero-order valence-electron chi connectivity index (χ0n) is 12.0. The summed E-state index contributed by atoms with van der Waals surface area (Å²) < 4.78 is 0. The van der Waals surface area contributed by atoms with E-state index in [9.17, 15) is 0 Å². The van der Waals surface area contributed by atoms with Gasteiger partial charge in [0.15, 0.2) is 0 Å². The Morgan fingerprint density at radius 3 is 2.41 bits per heavy atom. The van der Waals surface area contributed by atoms with Crippen LogP contribution in [-0.2, 0) is 0 Å². The fraction of sp³-hybridized carbons (Fsp3) is 1.00. The van der Waals surface area contributed by atoms with Gasteiger partial charge in [0.1, 0.15) is 0 Å². The molecule has 1 saturated heterocycles. The zero-order chi connectivity index (χ0) is 12.5. The van der Waals surface area contributed by atoms with Gasteiger partial charge in [-0.2, -0.15) is 0 Å². The maximum Gasteiger partial charge on any atom is 0.0105 e. The van der Waals surface area contributed by atoms with E-state index in [1.165, 1.54) is 58.2 Å². The molecule has 2 fully saturated rings. The minimum absolute atomic E-state index is 0.386. The molecule has 0 aromatic rings. The van der Waals surface area contributed by atoms with Crippen LogP contribution in [0, 0.1) is 10.8 Å². The molecule has 0 spiro atoms. The van der Waals surface area contributed by atoms with E-state index in [2.05, 4.69) is 25.7 Å². The number of hydrogen-bond donors (Lipinski definition) is 1. The summed E-state index contributed by atoms with van der Waals surface area (Å²) in [5.41, 5.74) is 7.29. The molecule has 0 aromatic carbocycles. The normalized spacial score (nSPS) is 37.8. The third-order valence-electron chi connectivity index (χ3n) is 5.76. The summed E-state index contributed by atoms with van der Waals surface area (Å²) in [5.74, 6) is 0. The Morgan fingerprint density at radius 1 is 1.24 bits per heavy atom. The molecule has 2 rings (SSSR count). The second-order valence-electron chi connectivity index (χ2n) is 6.82. The highest BCUT2D eigenvalue weighted by Crippen LogP contribution is 2.42. The number of rotatable bonds is 4. The van der Waals surface area contributed by atoms with Crippen molar-refractivity contribution in [3.05, 3.63) is 0 Å². The summed E-state index contributed by atoms with van der Waals surface area (Å²) in [6.07, 6.45) is 7.96. The summed E-state index contributed by atoms with van der Waals surface area (Å²) in [7, 11) is 0. The van der Waals surface area contributed by atoms with Crippen molar-refractivity contribution in [1.29, 1.82) is 0 Å².